The van der Waals surface area contributed by atoms with Gasteiger partial charge < -0.3 is 20.1 Å². The monoisotopic (exact) mass is 659 g/mol. The van der Waals surface area contributed by atoms with Gasteiger partial charge in [-0.05, 0) is 44.9 Å². The minimum Gasteiger partial charge on any atom is -0.457 e. The van der Waals surface area contributed by atoms with Crippen LogP contribution in [0.1, 0.15) is 162 Å². The van der Waals surface area contributed by atoms with E-state index in [2.05, 4.69) is 38.2 Å². The van der Waals surface area contributed by atoms with E-state index in [1.54, 1.807) is 0 Å². The van der Waals surface area contributed by atoms with Gasteiger partial charge in [-0.1, -0.05) is 134 Å². The van der Waals surface area contributed by atoms with Crippen molar-refractivity contribution in [2.24, 2.45) is 5.73 Å². The van der Waals surface area contributed by atoms with E-state index in [1.807, 2.05) is 0 Å². The number of rotatable bonds is 35. The van der Waals surface area contributed by atoms with Gasteiger partial charge >= 0.3 is 13.8 Å². The quantitative estimate of drug-likeness (QED) is 0.0299. The summed E-state index contributed by atoms with van der Waals surface area (Å²) in [6, 6.07) is 0. The van der Waals surface area contributed by atoms with Gasteiger partial charge in [-0.3, -0.25) is 13.8 Å². The van der Waals surface area contributed by atoms with Crippen molar-refractivity contribution in [3.8, 4) is 0 Å². The molecule has 0 spiro atoms. The summed E-state index contributed by atoms with van der Waals surface area (Å²) in [5, 5.41) is 0. The molecule has 0 radical (unpaired) electrons. The molecule has 2 unspecified atom stereocenters. The summed E-state index contributed by atoms with van der Waals surface area (Å²) in [5.41, 5.74) is 5.33. The molecule has 9 heteroatoms. The van der Waals surface area contributed by atoms with Crippen LogP contribution in [0.2, 0.25) is 0 Å². The second-order valence-electron chi connectivity index (χ2n) is 12.1. The van der Waals surface area contributed by atoms with Crippen molar-refractivity contribution in [1.29, 1.82) is 0 Å². The van der Waals surface area contributed by atoms with E-state index in [0.717, 1.165) is 38.5 Å². The minimum atomic E-state index is -4.26. The van der Waals surface area contributed by atoms with Crippen molar-refractivity contribution in [3.63, 3.8) is 0 Å². The molecule has 0 amide bonds. The second-order valence-corrected chi connectivity index (χ2v) is 13.5. The lowest BCUT2D eigenvalue weighted by Crippen LogP contribution is -2.28. The topological polar surface area (TPSA) is 117 Å². The Hall–Kier alpha value is -1.02. The van der Waals surface area contributed by atoms with Crippen LogP contribution < -0.4 is 5.73 Å². The molecule has 0 rings (SSSR count). The van der Waals surface area contributed by atoms with Crippen LogP contribution in [0.5, 0.6) is 0 Å². The first-order valence-electron chi connectivity index (χ1n) is 18.3. The van der Waals surface area contributed by atoms with Crippen molar-refractivity contribution < 1.29 is 32.8 Å². The highest BCUT2D eigenvalue weighted by molar-refractivity contribution is 7.47. The predicted octanol–water partition coefficient (Wildman–Crippen LogP) is 10.1. The SMILES string of the molecule is CCCCC/C=C\C/C=C\CCCCCCCCCCCC(=O)OC(COCCCCCCCCC)COP(=O)(O)OCCN. The fourth-order valence-corrected chi connectivity index (χ4v) is 5.67. The highest BCUT2D eigenvalue weighted by atomic mass is 31.2. The van der Waals surface area contributed by atoms with Crippen LogP contribution in [0.25, 0.3) is 0 Å². The van der Waals surface area contributed by atoms with Gasteiger partial charge in [0.1, 0.15) is 6.10 Å². The largest absolute Gasteiger partial charge is 0.472 e. The molecule has 0 aliphatic heterocycles. The summed E-state index contributed by atoms with van der Waals surface area (Å²) >= 11 is 0. The molecule has 266 valence electrons. The van der Waals surface area contributed by atoms with Gasteiger partial charge in [0, 0.05) is 19.6 Å². The highest BCUT2D eigenvalue weighted by Crippen LogP contribution is 2.43. The van der Waals surface area contributed by atoms with Gasteiger partial charge in [0.15, 0.2) is 0 Å². The number of carbonyl (C=O) groups excluding carboxylic acids is 1. The molecule has 0 saturated carbocycles. The van der Waals surface area contributed by atoms with Gasteiger partial charge in [-0.15, -0.1) is 0 Å². The van der Waals surface area contributed by atoms with E-state index in [4.69, 9.17) is 24.3 Å². The Morgan fingerprint density at radius 3 is 1.78 bits per heavy atom. The number of nitrogens with two attached hydrogens (primary N) is 1. The highest BCUT2D eigenvalue weighted by Gasteiger charge is 2.25. The van der Waals surface area contributed by atoms with Crippen LogP contribution >= 0.6 is 7.82 Å². The van der Waals surface area contributed by atoms with Crippen LogP contribution in [0, 0.1) is 0 Å². The number of allylic oxidation sites excluding steroid dienone is 4. The zero-order chi connectivity index (χ0) is 33.1. The maximum Gasteiger partial charge on any atom is 0.472 e. The maximum absolute atomic E-state index is 12.5. The van der Waals surface area contributed by atoms with Gasteiger partial charge in [-0.2, -0.15) is 0 Å². The molecule has 2 atom stereocenters. The molecule has 0 aromatic rings. The van der Waals surface area contributed by atoms with E-state index in [-0.39, 0.29) is 32.3 Å². The summed E-state index contributed by atoms with van der Waals surface area (Å²) in [6.07, 6.45) is 34.8. The van der Waals surface area contributed by atoms with E-state index in [1.165, 1.54) is 103 Å². The van der Waals surface area contributed by atoms with Gasteiger partial charge in [-0.25, -0.2) is 4.57 Å². The van der Waals surface area contributed by atoms with Crippen LogP contribution in [-0.4, -0.2) is 49.9 Å². The Balaban J connectivity index is 3.99. The van der Waals surface area contributed by atoms with Gasteiger partial charge in [0.05, 0.1) is 19.8 Å². The smallest absolute Gasteiger partial charge is 0.457 e. The number of unbranched alkanes of at least 4 members (excludes halogenated alkanes) is 18. The number of hydrogen-bond acceptors (Lipinski definition) is 7. The lowest BCUT2D eigenvalue weighted by atomic mass is 10.1. The zero-order valence-electron chi connectivity index (χ0n) is 29.1. The van der Waals surface area contributed by atoms with Crippen molar-refractivity contribution in [2.45, 2.75) is 168 Å². The van der Waals surface area contributed by atoms with Crippen molar-refractivity contribution >= 4 is 13.8 Å². The average Bonchev–Trinajstić information content (AvgIpc) is 3.02. The van der Waals surface area contributed by atoms with Crippen LogP contribution in [0.4, 0.5) is 0 Å². The summed E-state index contributed by atoms with van der Waals surface area (Å²) < 4.78 is 33.1. The van der Waals surface area contributed by atoms with Crippen molar-refractivity contribution in [3.05, 3.63) is 24.3 Å². The first-order chi connectivity index (χ1) is 21.9. The summed E-state index contributed by atoms with van der Waals surface area (Å²) in [7, 11) is -4.26. The number of phosphoric acid groups is 1. The molecular formula is C36H70NO7P. The fourth-order valence-electron chi connectivity index (χ4n) is 4.91. The van der Waals surface area contributed by atoms with E-state index in [0.29, 0.717) is 13.0 Å². The van der Waals surface area contributed by atoms with Crippen LogP contribution in [-0.2, 0) is 27.9 Å². The Morgan fingerprint density at radius 1 is 0.667 bits per heavy atom. The second kappa shape index (κ2) is 34.3. The molecule has 8 nitrogen and oxygen atoms in total. The molecule has 0 heterocycles. The number of ether oxygens (including phenoxy) is 2. The molecule has 0 fully saturated rings. The normalized spacial score (nSPS) is 14.0. The van der Waals surface area contributed by atoms with E-state index < -0.39 is 13.9 Å². The molecule has 0 aromatic carbocycles. The molecule has 0 saturated heterocycles. The third-order valence-corrected chi connectivity index (χ3v) is 8.61. The van der Waals surface area contributed by atoms with Crippen LogP contribution in [0.15, 0.2) is 24.3 Å². The van der Waals surface area contributed by atoms with Crippen LogP contribution in [0.3, 0.4) is 0 Å². The average molecular weight is 660 g/mol. The molecule has 3 N–H and O–H groups in total. The first kappa shape index (κ1) is 44.0. The number of phosphoric ester groups is 1. The fraction of sp³-hybridized carbons (Fsp3) is 0.861. The predicted molar refractivity (Wildman–Crippen MR) is 187 cm³/mol. The lowest BCUT2D eigenvalue weighted by molar-refractivity contribution is -0.154. The zero-order valence-corrected chi connectivity index (χ0v) is 30.0. The standard InChI is InChI=1S/C36H70NO7P/c1-3-5-7-9-11-12-13-14-15-16-17-18-19-20-21-22-23-25-27-29-36(38)44-35(34-43-45(39,40)42-32-30-37)33-41-31-28-26-24-10-8-6-4-2/h11-12,14-15,35H,3-10,13,16-34,37H2,1-2H3,(H,39,40)/b12-11-,15-14-. The van der Waals surface area contributed by atoms with Gasteiger partial charge in [0.25, 0.3) is 0 Å². The Morgan fingerprint density at radius 2 is 1.18 bits per heavy atom. The molecule has 0 aromatic heterocycles. The Bertz CT molecular complexity index is 747. The minimum absolute atomic E-state index is 0.0951. The molecule has 45 heavy (non-hydrogen) atoms. The van der Waals surface area contributed by atoms with E-state index in [9.17, 15) is 14.3 Å². The summed E-state index contributed by atoms with van der Waals surface area (Å²) in [6.45, 7) is 4.86. The third kappa shape index (κ3) is 34.1. The molecule has 0 aliphatic rings. The number of carbonyl (C=O) groups is 1. The molecule has 0 aliphatic carbocycles. The first-order valence-corrected chi connectivity index (χ1v) is 19.8. The van der Waals surface area contributed by atoms with Crippen molar-refractivity contribution in [1.82, 2.24) is 0 Å². The third-order valence-electron chi connectivity index (χ3n) is 7.62. The Labute approximate surface area is 276 Å². The van der Waals surface area contributed by atoms with Gasteiger partial charge in [0.2, 0.25) is 0 Å². The summed E-state index contributed by atoms with van der Waals surface area (Å²) in [4.78, 5) is 22.3. The lowest BCUT2D eigenvalue weighted by Gasteiger charge is -2.20. The molecular weight excluding hydrogens is 589 g/mol. The number of hydrogen-bond donors (Lipinski definition) is 2. The Kier molecular flexibility index (Phi) is 33.5. The van der Waals surface area contributed by atoms with E-state index >= 15 is 0 Å². The number of esters is 1. The van der Waals surface area contributed by atoms with Crippen molar-refractivity contribution in [2.75, 3.05) is 33.0 Å². The maximum atomic E-state index is 12.5. The summed E-state index contributed by atoms with van der Waals surface area (Å²) in [5.74, 6) is -0.337. The molecule has 0 bridgehead atoms.